The average Bonchev–Trinajstić information content (AvgIpc) is 2.45. The molecule has 20 heavy (non-hydrogen) atoms. The minimum absolute atomic E-state index is 0.657. The Morgan fingerprint density at radius 2 is 1.80 bits per heavy atom. The van der Waals surface area contributed by atoms with Crippen molar-refractivity contribution in [2.45, 2.75) is 34.1 Å². The predicted octanol–water partition coefficient (Wildman–Crippen LogP) is 2.99. The van der Waals surface area contributed by atoms with E-state index in [2.05, 4.69) is 52.8 Å². The Kier molecular flexibility index (Phi) is 4.20. The topological polar surface area (TPSA) is 75.9 Å². The first-order valence-electron chi connectivity index (χ1n) is 6.73. The zero-order valence-electron chi connectivity index (χ0n) is 12.4. The molecule has 5 heteroatoms. The average molecular weight is 271 g/mol. The molecule has 2 aromatic rings. The second kappa shape index (κ2) is 5.88. The van der Waals surface area contributed by atoms with Crippen molar-refractivity contribution >= 4 is 17.3 Å². The first-order valence-corrected chi connectivity index (χ1v) is 6.73. The number of nitrogen functional groups attached to an aromatic ring is 1. The highest BCUT2D eigenvalue weighted by Gasteiger charge is 2.10. The van der Waals surface area contributed by atoms with Crippen molar-refractivity contribution in [3.8, 4) is 0 Å². The van der Waals surface area contributed by atoms with Crippen molar-refractivity contribution in [1.29, 1.82) is 0 Å². The summed E-state index contributed by atoms with van der Waals surface area (Å²) >= 11 is 0. The van der Waals surface area contributed by atoms with Crippen LogP contribution < -0.4 is 16.6 Å². The molecule has 1 aromatic heterocycles. The number of nitrogens with zero attached hydrogens (tertiary/aromatic N) is 2. The molecule has 0 aliphatic heterocycles. The molecular formula is C15H21N5. The van der Waals surface area contributed by atoms with E-state index in [1.807, 2.05) is 13.8 Å². The van der Waals surface area contributed by atoms with E-state index < -0.39 is 0 Å². The third-order valence-electron chi connectivity index (χ3n) is 3.29. The summed E-state index contributed by atoms with van der Waals surface area (Å²) in [5.41, 5.74) is 6.97. The van der Waals surface area contributed by atoms with E-state index in [0.717, 1.165) is 29.3 Å². The smallest absolute Gasteiger partial charge is 0.148 e. The van der Waals surface area contributed by atoms with Crippen molar-refractivity contribution < 1.29 is 0 Å². The minimum atomic E-state index is 0.657. The number of aryl methyl sites for hydroxylation is 3. The second-order valence-electron chi connectivity index (χ2n) is 4.90. The van der Waals surface area contributed by atoms with Crippen LogP contribution in [-0.4, -0.2) is 9.97 Å². The molecule has 0 spiro atoms. The lowest BCUT2D eigenvalue weighted by Crippen LogP contribution is -2.14. The number of hydrazine groups is 1. The lowest BCUT2D eigenvalue weighted by molar-refractivity contribution is 0.932. The normalized spacial score (nSPS) is 10.4. The van der Waals surface area contributed by atoms with Gasteiger partial charge in [-0.2, -0.15) is 0 Å². The standard InChI is InChI=1S/C15H21N5/c1-5-13-18-14(11(4)15(19-13)20-16)17-12-8-9(2)6-7-10(12)3/h6-8H,5,16H2,1-4H3,(H2,17,18,19,20). The van der Waals surface area contributed by atoms with Gasteiger partial charge in [0.2, 0.25) is 0 Å². The van der Waals surface area contributed by atoms with Gasteiger partial charge in [0, 0.05) is 17.7 Å². The van der Waals surface area contributed by atoms with E-state index in [0.29, 0.717) is 5.82 Å². The van der Waals surface area contributed by atoms with Gasteiger partial charge in [0.15, 0.2) is 0 Å². The predicted molar refractivity (Wildman–Crippen MR) is 83.2 cm³/mol. The number of nitrogens with one attached hydrogen (secondary N) is 2. The van der Waals surface area contributed by atoms with E-state index in [1.165, 1.54) is 11.1 Å². The van der Waals surface area contributed by atoms with Gasteiger partial charge in [0.25, 0.3) is 0 Å². The summed E-state index contributed by atoms with van der Waals surface area (Å²) in [5.74, 6) is 7.73. The molecule has 1 aromatic carbocycles. The molecule has 0 unspecified atom stereocenters. The molecular weight excluding hydrogens is 250 g/mol. The van der Waals surface area contributed by atoms with Crippen molar-refractivity contribution in [1.82, 2.24) is 9.97 Å². The fraction of sp³-hybridized carbons (Fsp3) is 0.333. The molecule has 1 heterocycles. The van der Waals surface area contributed by atoms with Crippen molar-refractivity contribution in [2.24, 2.45) is 5.84 Å². The van der Waals surface area contributed by atoms with Gasteiger partial charge in [-0.05, 0) is 38.0 Å². The van der Waals surface area contributed by atoms with Crippen LogP contribution in [0.3, 0.4) is 0 Å². The van der Waals surface area contributed by atoms with Gasteiger partial charge >= 0.3 is 0 Å². The van der Waals surface area contributed by atoms with Gasteiger partial charge in [-0.15, -0.1) is 0 Å². The van der Waals surface area contributed by atoms with E-state index in [1.54, 1.807) is 0 Å². The Bertz CT molecular complexity index is 622. The fourth-order valence-electron chi connectivity index (χ4n) is 1.98. The molecule has 0 radical (unpaired) electrons. The second-order valence-corrected chi connectivity index (χ2v) is 4.90. The first kappa shape index (κ1) is 14.3. The molecule has 106 valence electrons. The van der Waals surface area contributed by atoms with Crippen LogP contribution in [0.25, 0.3) is 0 Å². The first-order chi connectivity index (χ1) is 9.55. The Labute approximate surface area is 119 Å². The number of benzene rings is 1. The summed E-state index contributed by atoms with van der Waals surface area (Å²) in [5, 5.41) is 3.38. The van der Waals surface area contributed by atoms with Crippen LogP contribution in [0.4, 0.5) is 17.3 Å². The quantitative estimate of drug-likeness (QED) is 0.588. The summed E-state index contributed by atoms with van der Waals surface area (Å²) in [6.07, 6.45) is 0.760. The maximum absolute atomic E-state index is 5.52. The summed E-state index contributed by atoms with van der Waals surface area (Å²) < 4.78 is 0. The molecule has 0 atom stereocenters. The van der Waals surface area contributed by atoms with Crippen LogP contribution in [0.5, 0.6) is 0 Å². The van der Waals surface area contributed by atoms with Gasteiger partial charge in [0.05, 0.1) is 0 Å². The zero-order valence-corrected chi connectivity index (χ0v) is 12.4. The van der Waals surface area contributed by atoms with Crippen LogP contribution in [0.15, 0.2) is 18.2 Å². The molecule has 0 saturated carbocycles. The van der Waals surface area contributed by atoms with E-state index >= 15 is 0 Å². The van der Waals surface area contributed by atoms with Gasteiger partial charge in [-0.25, -0.2) is 15.8 Å². The molecule has 0 aliphatic rings. The van der Waals surface area contributed by atoms with Crippen LogP contribution in [0.2, 0.25) is 0 Å². The SMILES string of the molecule is CCc1nc(NN)c(C)c(Nc2cc(C)ccc2C)n1. The summed E-state index contributed by atoms with van der Waals surface area (Å²) in [6.45, 7) is 8.11. The number of aromatic nitrogens is 2. The molecule has 0 fully saturated rings. The Hall–Kier alpha value is -2.14. The van der Waals surface area contributed by atoms with Crippen LogP contribution in [-0.2, 0) is 6.42 Å². The zero-order chi connectivity index (χ0) is 14.7. The van der Waals surface area contributed by atoms with Crippen LogP contribution in [0, 0.1) is 20.8 Å². The number of hydrogen-bond acceptors (Lipinski definition) is 5. The van der Waals surface area contributed by atoms with Crippen LogP contribution in [0.1, 0.15) is 29.4 Å². The van der Waals surface area contributed by atoms with Crippen molar-refractivity contribution in [2.75, 3.05) is 10.7 Å². The van der Waals surface area contributed by atoms with Crippen LogP contribution >= 0.6 is 0 Å². The molecule has 0 aliphatic carbocycles. The highest BCUT2D eigenvalue weighted by molar-refractivity contribution is 5.67. The maximum Gasteiger partial charge on any atom is 0.148 e. The summed E-state index contributed by atoms with van der Waals surface area (Å²) in [6, 6.07) is 6.30. The molecule has 2 rings (SSSR count). The fourth-order valence-corrected chi connectivity index (χ4v) is 1.98. The Morgan fingerprint density at radius 1 is 1.10 bits per heavy atom. The lowest BCUT2D eigenvalue weighted by atomic mass is 10.1. The number of nitrogens with two attached hydrogens (primary N) is 1. The molecule has 0 saturated heterocycles. The van der Waals surface area contributed by atoms with Gasteiger partial charge < -0.3 is 10.7 Å². The van der Waals surface area contributed by atoms with Gasteiger partial charge in [0.1, 0.15) is 17.5 Å². The monoisotopic (exact) mass is 271 g/mol. The van der Waals surface area contributed by atoms with E-state index in [9.17, 15) is 0 Å². The maximum atomic E-state index is 5.52. The van der Waals surface area contributed by atoms with E-state index in [-0.39, 0.29) is 0 Å². The lowest BCUT2D eigenvalue weighted by Gasteiger charge is -2.15. The number of rotatable bonds is 4. The highest BCUT2D eigenvalue weighted by atomic mass is 15.3. The Balaban J connectivity index is 2.44. The van der Waals surface area contributed by atoms with Gasteiger partial charge in [-0.1, -0.05) is 19.1 Å². The molecule has 0 bridgehead atoms. The highest BCUT2D eigenvalue weighted by Crippen LogP contribution is 2.25. The van der Waals surface area contributed by atoms with Crippen molar-refractivity contribution in [3.05, 3.63) is 40.7 Å². The molecule has 4 N–H and O–H groups in total. The van der Waals surface area contributed by atoms with E-state index in [4.69, 9.17) is 5.84 Å². The third kappa shape index (κ3) is 2.88. The van der Waals surface area contributed by atoms with Gasteiger partial charge in [-0.3, -0.25) is 0 Å². The van der Waals surface area contributed by atoms with Crippen molar-refractivity contribution in [3.63, 3.8) is 0 Å². The number of hydrogen-bond donors (Lipinski definition) is 3. The molecule has 5 nitrogen and oxygen atoms in total. The number of anilines is 3. The summed E-state index contributed by atoms with van der Waals surface area (Å²) in [4.78, 5) is 8.91. The summed E-state index contributed by atoms with van der Waals surface area (Å²) in [7, 11) is 0. The Morgan fingerprint density at radius 3 is 2.45 bits per heavy atom. The minimum Gasteiger partial charge on any atom is -0.340 e. The largest absolute Gasteiger partial charge is 0.340 e. The molecule has 0 amide bonds. The third-order valence-corrected chi connectivity index (χ3v) is 3.29.